The van der Waals surface area contributed by atoms with Gasteiger partial charge in [0.25, 0.3) is 5.56 Å². The first kappa shape index (κ1) is 21.8. The van der Waals surface area contributed by atoms with E-state index in [1.54, 1.807) is 41.5 Å². The molecule has 1 atom stereocenters. The van der Waals surface area contributed by atoms with Crippen molar-refractivity contribution < 1.29 is 9.13 Å². The van der Waals surface area contributed by atoms with Gasteiger partial charge in [-0.3, -0.25) is 9.36 Å². The van der Waals surface area contributed by atoms with E-state index in [4.69, 9.17) is 4.74 Å². The topological polar surface area (TPSA) is 56.2 Å². The van der Waals surface area contributed by atoms with Gasteiger partial charge in [-0.25, -0.2) is 9.37 Å². The Hall–Kier alpha value is -3.03. The molecule has 0 aliphatic heterocycles. The van der Waals surface area contributed by atoms with Crippen molar-refractivity contribution in [3.05, 3.63) is 92.6 Å². The summed E-state index contributed by atoms with van der Waals surface area (Å²) in [6.07, 6.45) is 5.09. The van der Waals surface area contributed by atoms with Crippen molar-refractivity contribution in [2.45, 2.75) is 44.8 Å². The molecule has 5 rings (SSSR count). The van der Waals surface area contributed by atoms with Crippen molar-refractivity contribution in [3.63, 3.8) is 0 Å². The first-order chi connectivity index (χ1) is 16.1. The van der Waals surface area contributed by atoms with Gasteiger partial charge in [-0.2, -0.15) is 0 Å². The largest absolute Gasteiger partial charge is 0.497 e. The van der Waals surface area contributed by atoms with Gasteiger partial charge in [-0.15, -0.1) is 11.3 Å². The number of ether oxygens (including phenoxy) is 1. The molecule has 2 heterocycles. The van der Waals surface area contributed by atoms with E-state index in [9.17, 15) is 9.18 Å². The van der Waals surface area contributed by atoms with Gasteiger partial charge in [0.05, 0.1) is 18.8 Å². The van der Waals surface area contributed by atoms with E-state index in [1.165, 1.54) is 10.9 Å². The van der Waals surface area contributed by atoms with E-state index in [-0.39, 0.29) is 11.4 Å². The SMILES string of the molecule is COc1cccc(CCn2cnc3sc4c(c3c2=O)CC[C@H](NCc2cccc(F)c2)C4)c1. The van der Waals surface area contributed by atoms with Crippen LogP contribution in [0.5, 0.6) is 5.75 Å². The number of thiophene rings is 1. The Morgan fingerprint density at radius 2 is 2.06 bits per heavy atom. The van der Waals surface area contributed by atoms with Crippen LogP contribution in [0, 0.1) is 5.82 Å². The summed E-state index contributed by atoms with van der Waals surface area (Å²) in [4.78, 5) is 20.0. The van der Waals surface area contributed by atoms with Crippen LogP contribution >= 0.6 is 11.3 Å². The molecule has 2 aromatic carbocycles. The van der Waals surface area contributed by atoms with Crippen LogP contribution in [-0.4, -0.2) is 22.7 Å². The van der Waals surface area contributed by atoms with E-state index in [0.29, 0.717) is 19.1 Å². The summed E-state index contributed by atoms with van der Waals surface area (Å²) >= 11 is 1.63. The Balaban J connectivity index is 1.31. The Morgan fingerprint density at radius 3 is 2.91 bits per heavy atom. The standard InChI is InChI=1S/C26H26FN3O2S/c1-32-21-7-3-4-17(13-21)10-11-30-16-29-25-24(26(30)31)22-9-8-20(14-23(22)33-25)28-15-18-5-2-6-19(27)12-18/h2-7,12-13,16,20,28H,8-11,14-15H2,1H3/t20-/m0/s1. The van der Waals surface area contributed by atoms with Crippen LogP contribution in [0.25, 0.3) is 10.2 Å². The summed E-state index contributed by atoms with van der Waals surface area (Å²) in [6.45, 7) is 1.22. The van der Waals surface area contributed by atoms with E-state index < -0.39 is 0 Å². The fourth-order valence-corrected chi connectivity index (χ4v) is 5.78. The number of benzene rings is 2. The fourth-order valence-electron chi connectivity index (χ4n) is 4.52. The van der Waals surface area contributed by atoms with Gasteiger partial charge < -0.3 is 10.1 Å². The smallest absolute Gasteiger partial charge is 0.262 e. The predicted octanol–water partition coefficient (Wildman–Crippen LogP) is 4.50. The molecule has 1 N–H and O–H groups in total. The van der Waals surface area contributed by atoms with Crippen LogP contribution in [-0.2, 0) is 32.4 Å². The third kappa shape index (κ3) is 4.70. The second-order valence-electron chi connectivity index (χ2n) is 8.48. The highest BCUT2D eigenvalue weighted by molar-refractivity contribution is 7.18. The first-order valence-electron chi connectivity index (χ1n) is 11.2. The minimum Gasteiger partial charge on any atom is -0.497 e. The van der Waals surface area contributed by atoms with E-state index in [1.807, 2.05) is 30.3 Å². The van der Waals surface area contributed by atoms with E-state index in [2.05, 4.69) is 10.3 Å². The van der Waals surface area contributed by atoms with Gasteiger partial charge in [-0.05, 0) is 66.6 Å². The molecular formula is C26H26FN3O2S. The molecule has 4 aromatic rings. The number of aromatic nitrogens is 2. The molecule has 0 saturated carbocycles. The van der Waals surface area contributed by atoms with Gasteiger partial charge in [0, 0.05) is 24.0 Å². The zero-order valence-corrected chi connectivity index (χ0v) is 19.3. The second kappa shape index (κ2) is 9.45. The zero-order valence-electron chi connectivity index (χ0n) is 18.5. The quantitative estimate of drug-likeness (QED) is 0.439. The molecule has 0 bridgehead atoms. The number of nitrogens with zero attached hydrogens (tertiary/aromatic N) is 2. The number of fused-ring (bicyclic) bond motifs is 3. The van der Waals surface area contributed by atoms with Gasteiger partial charge in [0.2, 0.25) is 0 Å². The maximum atomic E-state index is 13.4. The first-order valence-corrected chi connectivity index (χ1v) is 12.0. The minimum atomic E-state index is -0.210. The second-order valence-corrected chi connectivity index (χ2v) is 9.56. The van der Waals surface area contributed by atoms with Crippen LogP contribution < -0.4 is 15.6 Å². The average molecular weight is 464 g/mol. The highest BCUT2D eigenvalue weighted by atomic mass is 32.1. The van der Waals surface area contributed by atoms with Crippen LogP contribution in [0.4, 0.5) is 4.39 Å². The molecule has 0 saturated heterocycles. The molecular weight excluding hydrogens is 437 g/mol. The lowest BCUT2D eigenvalue weighted by Gasteiger charge is -2.23. The summed E-state index contributed by atoms with van der Waals surface area (Å²) in [5.74, 6) is 0.611. The highest BCUT2D eigenvalue weighted by Gasteiger charge is 2.25. The molecule has 5 nitrogen and oxygen atoms in total. The van der Waals surface area contributed by atoms with E-state index >= 15 is 0 Å². The molecule has 0 fully saturated rings. The summed E-state index contributed by atoms with van der Waals surface area (Å²) < 4.78 is 20.5. The molecule has 0 spiro atoms. The highest BCUT2D eigenvalue weighted by Crippen LogP contribution is 2.33. The third-order valence-electron chi connectivity index (χ3n) is 6.30. The van der Waals surface area contributed by atoms with Crippen LogP contribution in [0.1, 0.15) is 28.0 Å². The summed E-state index contributed by atoms with van der Waals surface area (Å²) in [6, 6.07) is 14.9. The van der Waals surface area contributed by atoms with Crippen LogP contribution in [0.3, 0.4) is 0 Å². The van der Waals surface area contributed by atoms with Crippen molar-refractivity contribution in [2.75, 3.05) is 7.11 Å². The van der Waals surface area contributed by atoms with Gasteiger partial charge in [0.15, 0.2) is 0 Å². The minimum absolute atomic E-state index is 0.0477. The molecule has 7 heteroatoms. The number of aryl methyl sites for hydroxylation is 3. The lowest BCUT2D eigenvalue weighted by Crippen LogP contribution is -2.33. The Morgan fingerprint density at radius 1 is 1.21 bits per heavy atom. The number of hydrogen-bond acceptors (Lipinski definition) is 5. The monoisotopic (exact) mass is 463 g/mol. The normalized spacial score (nSPS) is 15.5. The number of halogens is 1. The van der Waals surface area contributed by atoms with Crippen molar-refractivity contribution in [1.29, 1.82) is 0 Å². The Labute approximate surface area is 195 Å². The molecule has 1 aliphatic rings. The molecule has 2 aromatic heterocycles. The number of hydrogen-bond donors (Lipinski definition) is 1. The van der Waals surface area contributed by atoms with Crippen LogP contribution in [0.2, 0.25) is 0 Å². The summed E-state index contributed by atoms with van der Waals surface area (Å²) in [7, 11) is 1.66. The molecule has 170 valence electrons. The van der Waals surface area contributed by atoms with Crippen molar-refractivity contribution in [3.8, 4) is 5.75 Å². The number of methoxy groups -OCH3 is 1. The molecule has 0 radical (unpaired) electrons. The predicted molar refractivity (Wildman–Crippen MR) is 130 cm³/mol. The molecule has 0 unspecified atom stereocenters. The van der Waals surface area contributed by atoms with Crippen molar-refractivity contribution in [2.24, 2.45) is 0 Å². The number of rotatable bonds is 7. The fraction of sp³-hybridized carbons (Fsp3) is 0.308. The number of nitrogens with one attached hydrogen (secondary N) is 1. The van der Waals surface area contributed by atoms with E-state index in [0.717, 1.165) is 58.3 Å². The molecule has 33 heavy (non-hydrogen) atoms. The maximum Gasteiger partial charge on any atom is 0.262 e. The lowest BCUT2D eigenvalue weighted by molar-refractivity contribution is 0.414. The van der Waals surface area contributed by atoms with Gasteiger partial charge in [0.1, 0.15) is 16.4 Å². The zero-order chi connectivity index (χ0) is 22.8. The van der Waals surface area contributed by atoms with Crippen molar-refractivity contribution in [1.82, 2.24) is 14.9 Å². The lowest BCUT2D eigenvalue weighted by atomic mass is 9.93. The molecule has 1 aliphatic carbocycles. The summed E-state index contributed by atoms with van der Waals surface area (Å²) in [5.41, 5.74) is 3.28. The third-order valence-corrected chi connectivity index (χ3v) is 7.46. The Kier molecular flexibility index (Phi) is 6.24. The van der Waals surface area contributed by atoms with Gasteiger partial charge in [-0.1, -0.05) is 24.3 Å². The molecule has 0 amide bonds. The summed E-state index contributed by atoms with van der Waals surface area (Å²) in [5, 5.41) is 4.33. The average Bonchev–Trinajstić information content (AvgIpc) is 3.21. The van der Waals surface area contributed by atoms with Crippen LogP contribution in [0.15, 0.2) is 59.7 Å². The Bertz CT molecular complexity index is 1350. The maximum absolute atomic E-state index is 13.4. The van der Waals surface area contributed by atoms with Crippen molar-refractivity contribution >= 4 is 21.6 Å². The van der Waals surface area contributed by atoms with Gasteiger partial charge >= 0.3 is 0 Å².